The van der Waals surface area contributed by atoms with Crippen molar-refractivity contribution in [3.63, 3.8) is 0 Å². The monoisotopic (exact) mass is 202 g/mol. The Balaban J connectivity index is 3.20. The molecule has 0 unspecified atom stereocenters. The van der Waals surface area contributed by atoms with Crippen LogP contribution in [-0.2, 0) is 4.79 Å². The summed E-state index contributed by atoms with van der Waals surface area (Å²) in [6, 6.07) is 9.52. The molecule has 2 heteroatoms. The molecule has 1 rings (SSSR count). The number of carboxylic acids is 1. The van der Waals surface area contributed by atoms with Gasteiger partial charge in [0.15, 0.2) is 0 Å². The van der Waals surface area contributed by atoms with Gasteiger partial charge in [-0.25, -0.2) is 4.79 Å². The molecule has 0 amide bonds. The Labute approximate surface area is 89.6 Å². The Kier molecular flexibility index (Phi) is 3.86. The zero-order valence-corrected chi connectivity index (χ0v) is 8.73. The Morgan fingerprint density at radius 2 is 2.00 bits per heavy atom. The zero-order valence-electron chi connectivity index (χ0n) is 8.73. The second-order valence-electron chi connectivity index (χ2n) is 3.27. The van der Waals surface area contributed by atoms with Crippen LogP contribution in [0, 0.1) is 0 Å². The molecule has 1 N–H and O–H groups in total. The van der Waals surface area contributed by atoms with Crippen molar-refractivity contribution in [2.45, 2.75) is 13.3 Å². The summed E-state index contributed by atoms with van der Waals surface area (Å²) in [5.74, 6) is -0.879. The van der Waals surface area contributed by atoms with E-state index >= 15 is 0 Å². The molecule has 0 aliphatic carbocycles. The summed E-state index contributed by atoms with van der Waals surface area (Å²) < 4.78 is 0. The molecule has 2 nitrogen and oxygen atoms in total. The van der Waals surface area contributed by atoms with Crippen LogP contribution >= 0.6 is 0 Å². The van der Waals surface area contributed by atoms with Crippen LogP contribution in [0.25, 0.3) is 5.57 Å². The average Bonchev–Trinajstić information content (AvgIpc) is 2.26. The van der Waals surface area contributed by atoms with Crippen molar-refractivity contribution in [1.29, 1.82) is 0 Å². The van der Waals surface area contributed by atoms with Crippen molar-refractivity contribution in [2.75, 3.05) is 0 Å². The van der Waals surface area contributed by atoms with Gasteiger partial charge in [-0.15, -0.1) is 6.58 Å². The second-order valence-corrected chi connectivity index (χ2v) is 3.27. The van der Waals surface area contributed by atoms with Crippen LogP contribution in [0.5, 0.6) is 0 Å². The first kappa shape index (κ1) is 11.2. The molecule has 0 aliphatic rings. The van der Waals surface area contributed by atoms with Crippen LogP contribution in [0.15, 0.2) is 48.6 Å². The van der Waals surface area contributed by atoms with Gasteiger partial charge in [0, 0.05) is 5.57 Å². The normalized spacial score (nSPS) is 11.8. The molecule has 0 aliphatic heterocycles. The summed E-state index contributed by atoms with van der Waals surface area (Å²) in [6.45, 7) is 5.26. The quantitative estimate of drug-likeness (QED) is 0.601. The molecular weight excluding hydrogens is 188 g/mol. The minimum atomic E-state index is -0.879. The third-order valence-electron chi connectivity index (χ3n) is 2.24. The highest BCUT2D eigenvalue weighted by atomic mass is 16.4. The smallest absolute Gasteiger partial charge is 0.331 e. The van der Waals surface area contributed by atoms with Crippen molar-refractivity contribution in [3.8, 4) is 0 Å². The summed E-state index contributed by atoms with van der Waals surface area (Å²) in [5, 5.41) is 8.95. The van der Waals surface area contributed by atoms with E-state index in [0.29, 0.717) is 12.0 Å². The third-order valence-corrected chi connectivity index (χ3v) is 2.24. The molecule has 78 valence electrons. The number of allylic oxidation sites excluding steroid dienone is 2. The van der Waals surface area contributed by atoms with Crippen molar-refractivity contribution in [1.82, 2.24) is 0 Å². The molecule has 0 spiro atoms. The highest BCUT2D eigenvalue weighted by molar-refractivity contribution is 5.96. The van der Waals surface area contributed by atoms with Gasteiger partial charge >= 0.3 is 5.97 Å². The van der Waals surface area contributed by atoms with Crippen LogP contribution in [0.3, 0.4) is 0 Å². The zero-order chi connectivity index (χ0) is 11.3. The number of hydrogen-bond donors (Lipinski definition) is 1. The SMILES string of the molecule is C=CCC(=C(C)C(=O)O)c1ccccc1. The minimum absolute atomic E-state index is 0.376. The molecule has 0 fully saturated rings. The molecule has 15 heavy (non-hydrogen) atoms. The number of carbonyl (C=O) groups is 1. The highest BCUT2D eigenvalue weighted by Crippen LogP contribution is 2.22. The maximum absolute atomic E-state index is 10.9. The molecule has 0 heterocycles. The van der Waals surface area contributed by atoms with Crippen LogP contribution in [0.1, 0.15) is 18.9 Å². The lowest BCUT2D eigenvalue weighted by Crippen LogP contribution is -2.00. The van der Waals surface area contributed by atoms with Crippen LogP contribution in [0.2, 0.25) is 0 Å². The van der Waals surface area contributed by atoms with E-state index in [0.717, 1.165) is 11.1 Å². The van der Waals surface area contributed by atoms with E-state index < -0.39 is 5.97 Å². The highest BCUT2D eigenvalue weighted by Gasteiger charge is 2.09. The second kappa shape index (κ2) is 5.15. The summed E-state index contributed by atoms with van der Waals surface area (Å²) in [6.07, 6.45) is 2.29. The Bertz CT molecular complexity index is 388. The minimum Gasteiger partial charge on any atom is -0.478 e. The average molecular weight is 202 g/mol. The molecule has 0 saturated carbocycles. The largest absolute Gasteiger partial charge is 0.478 e. The van der Waals surface area contributed by atoms with E-state index in [4.69, 9.17) is 5.11 Å². The lowest BCUT2D eigenvalue weighted by molar-refractivity contribution is -0.132. The van der Waals surface area contributed by atoms with Gasteiger partial charge < -0.3 is 5.11 Å². The molecule has 0 bridgehead atoms. The van der Waals surface area contributed by atoms with Gasteiger partial charge in [-0.2, -0.15) is 0 Å². The van der Waals surface area contributed by atoms with Crippen molar-refractivity contribution in [3.05, 3.63) is 54.1 Å². The molecule has 1 aromatic rings. The number of benzene rings is 1. The summed E-state index contributed by atoms with van der Waals surface area (Å²) >= 11 is 0. The fourth-order valence-electron chi connectivity index (χ4n) is 1.40. The molecule has 0 atom stereocenters. The van der Waals surface area contributed by atoms with Crippen LogP contribution in [-0.4, -0.2) is 11.1 Å². The van der Waals surface area contributed by atoms with Gasteiger partial charge in [-0.1, -0.05) is 36.4 Å². The molecular formula is C13H14O2. The van der Waals surface area contributed by atoms with E-state index in [1.54, 1.807) is 13.0 Å². The lowest BCUT2D eigenvalue weighted by Gasteiger charge is -2.07. The molecule has 0 saturated heterocycles. The van der Waals surface area contributed by atoms with Gasteiger partial charge in [-0.05, 0) is 24.5 Å². The first-order chi connectivity index (χ1) is 7.16. The Morgan fingerprint density at radius 3 is 2.47 bits per heavy atom. The summed E-state index contributed by atoms with van der Waals surface area (Å²) in [7, 11) is 0. The maximum Gasteiger partial charge on any atom is 0.331 e. The Morgan fingerprint density at radius 1 is 1.40 bits per heavy atom. The van der Waals surface area contributed by atoms with Gasteiger partial charge in [0.2, 0.25) is 0 Å². The standard InChI is InChI=1S/C13H14O2/c1-3-7-12(10(2)13(14)15)11-8-5-4-6-9-11/h3-6,8-9H,1,7H2,2H3,(H,14,15). The molecule has 1 aromatic carbocycles. The lowest BCUT2D eigenvalue weighted by atomic mass is 9.98. The van der Waals surface area contributed by atoms with Crippen molar-refractivity contribution >= 4 is 11.5 Å². The van der Waals surface area contributed by atoms with E-state index in [-0.39, 0.29) is 0 Å². The third kappa shape index (κ3) is 2.81. The summed E-state index contributed by atoms with van der Waals surface area (Å²) in [5.41, 5.74) is 2.14. The number of hydrogen-bond acceptors (Lipinski definition) is 1. The van der Waals surface area contributed by atoms with Crippen LogP contribution < -0.4 is 0 Å². The van der Waals surface area contributed by atoms with Gasteiger partial charge in [-0.3, -0.25) is 0 Å². The molecule has 0 aromatic heterocycles. The molecule has 0 radical (unpaired) electrons. The van der Waals surface area contributed by atoms with Gasteiger partial charge in [0.25, 0.3) is 0 Å². The van der Waals surface area contributed by atoms with Gasteiger partial charge in [0.05, 0.1) is 0 Å². The van der Waals surface area contributed by atoms with Crippen LogP contribution in [0.4, 0.5) is 0 Å². The maximum atomic E-state index is 10.9. The number of aliphatic carboxylic acids is 1. The van der Waals surface area contributed by atoms with E-state index in [1.165, 1.54) is 0 Å². The summed E-state index contributed by atoms with van der Waals surface area (Å²) in [4.78, 5) is 10.9. The first-order valence-corrected chi connectivity index (χ1v) is 4.76. The first-order valence-electron chi connectivity index (χ1n) is 4.76. The van der Waals surface area contributed by atoms with Gasteiger partial charge in [0.1, 0.15) is 0 Å². The number of rotatable bonds is 4. The predicted octanol–water partition coefficient (Wildman–Crippen LogP) is 3.12. The van der Waals surface area contributed by atoms with Crippen molar-refractivity contribution in [2.24, 2.45) is 0 Å². The van der Waals surface area contributed by atoms with E-state index in [2.05, 4.69) is 6.58 Å². The fourth-order valence-corrected chi connectivity index (χ4v) is 1.40. The fraction of sp³-hybridized carbons (Fsp3) is 0.154. The van der Waals surface area contributed by atoms with E-state index in [1.807, 2.05) is 30.3 Å². The number of carboxylic acid groups (broad SMARTS) is 1. The predicted molar refractivity (Wildman–Crippen MR) is 61.5 cm³/mol. The van der Waals surface area contributed by atoms with Crippen molar-refractivity contribution < 1.29 is 9.90 Å². The topological polar surface area (TPSA) is 37.3 Å². The Hall–Kier alpha value is -1.83. The van der Waals surface area contributed by atoms with E-state index in [9.17, 15) is 4.79 Å².